The van der Waals surface area contributed by atoms with Crippen LogP contribution >= 0.6 is 0 Å². The minimum atomic E-state index is -0.197. The maximum Gasteiger partial charge on any atom is 0.138 e. The van der Waals surface area contributed by atoms with Gasteiger partial charge in [0.05, 0.1) is 6.54 Å². The van der Waals surface area contributed by atoms with E-state index < -0.39 is 0 Å². The van der Waals surface area contributed by atoms with Gasteiger partial charge in [-0.2, -0.15) is 0 Å². The Labute approximate surface area is 225 Å². The molecular formula is C34H33N3O. The fourth-order valence-electron chi connectivity index (χ4n) is 6.61. The normalized spacial score (nSPS) is 20.8. The molecule has 3 aromatic carbocycles. The topological polar surface area (TPSA) is 45.6 Å². The van der Waals surface area contributed by atoms with Crippen molar-refractivity contribution in [2.75, 3.05) is 13.1 Å². The molecule has 1 aromatic heterocycles. The van der Waals surface area contributed by atoms with E-state index in [1.165, 1.54) is 16.7 Å². The average molecular weight is 500 g/mol. The summed E-state index contributed by atoms with van der Waals surface area (Å²) >= 11 is 0. The first-order chi connectivity index (χ1) is 18.7. The number of likely N-dealkylation sites (tertiary alicyclic amines) is 1. The smallest absolute Gasteiger partial charge is 0.138 e. The van der Waals surface area contributed by atoms with Crippen LogP contribution in [0, 0.1) is 11.8 Å². The van der Waals surface area contributed by atoms with Gasteiger partial charge in [0, 0.05) is 55.6 Å². The molecule has 4 nitrogen and oxygen atoms in total. The van der Waals surface area contributed by atoms with Gasteiger partial charge in [0.1, 0.15) is 11.6 Å². The molecule has 1 saturated carbocycles. The molecule has 2 heterocycles. The molecule has 2 fully saturated rings. The third kappa shape index (κ3) is 4.67. The number of rotatable bonds is 6. The molecule has 0 spiro atoms. The fraction of sp³-hybridized carbons (Fsp3) is 0.265. The van der Waals surface area contributed by atoms with E-state index in [2.05, 4.69) is 101 Å². The van der Waals surface area contributed by atoms with Gasteiger partial charge >= 0.3 is 0 Å². The van der Waals surface area contributed by atoms with Gasteiger partial charge in [0.25, 0.3) is 0 Å². The average Bonchev–Trinajstić information content (AvgIpc) is 3.45. The second kappa shape index (κ2) is 10.7. The highest BCUT2D eigenvalue weighted by Gasteiger charge is 2.54. The Bertz CT molecular complexity index is 1350. The maximum absolute atomic E-state index is 13.5. The predicted molar refractivity (Wildman–Crippen MR) is 152 cm³/mol. The minimum Gasteiger partial charge on any atom is -0.359 e. The van der Waals surface area contributed by atoms with Crippen molar-refractivity contribution < 1.29 is 4.79 Å². The molecule has 6 rings (SSSR count). The summed E-state index contributed by atoms with van der Waals surface area (Å²) in [6, 6.07) is 36.3. The first kappa shape index (κ1) is 24.3. The highest BCUT2D eigenvalue weighted by atomic mass is 16.1. The van der Waals surface area contributed by atoms with Crippen molar-refractivity contribution in [3.05, 3.63) is 138 Å². The van der Waals surface area contributed by atoms with Crippen LogP contribution in [0.5, 0.6) is 0 Å². The summed E-state index contributed by atoms with van der Waals surface area (Å²) in [6.07, 6.45) is 5.88. The molecular weight excluding hydrogens is 466 g/mol. The molecule has 0 N–H and O–H groups in total. The number of aliphatic imine (C=N–C) groups is 1. The number of fused-ring (bicyclic) bond motifs is 1. The molecule has 0 amide bonds. The molecule has 2 atom stereocenters. The van der Waals surface area contributed by atoms with Crippen molar-refractivity contribution in [1.29, 1.82) is 0 Å². The second-order valence-electron chi connectivity index (χ2n) is 10.5. The van der Waals surface area contributed by atoms with Crippen LogP contribution < -0.4 is 0 Å². The number of carbonyl (C=O) groups is 1. The lowest BCUT2D eigenvalue weighted by molar-refractivity contribution is -0.126. The summed E-state index contributed by atoms with van der Waals surface area (Å²) in [4.78, 5) is 25.3. The van der Waals surface area contributed by atoms with Gasteiger partial charge in [-0.25, -0.2) is 0 Å². The molecule has 38 heavy (non-hydrogen) atoms. The molecule has 0 radical (unpaired) electrons. The summed E-state index contributed by atoms with van der Waals surface area (Å²) in [5.74, 6) is 1.63. The Kier molecular flexibility index (Phi) is 6.87. The van der Waals surface area contributed by atoms with E-state index in [0.717, 1.165) is 37.3 Å². The predicted octanol–water partition coefficient (Wildman–Crippen LogP) is 6.12. The van der Waals surface area contributed by atoms with E-state index >= 15 is 0 Å². The number of amidine groups is 1. The molecule has 1 aliphatic heterocycles. The SMILES string of the molecule is O=C1CCC(c2ccccc2)(c2ccccc2)C2CN(C(Cc3ccccc3)=NCc3cccnc3)CC12. The highest BCUT2D eigenvalue weighted by Crippen LogP contribution is 2.52. The van der Waals surface area contributed by atoms with Crippen LogP contribution in [0.1, 0.15) is 35.1 Å². The number of nitrogens with zero attached hydrogens (tertiary/aromatic N) is 3. The largest absolute Gasteiger partial charge is 0.359 e. The number of hydrogen-bond donors (Lipinski definition) is 0. The Hall–Kier alpha value is -4.05. The van der Waals surface area contributed by atoms with Crippen molar-refractivity contribution >= 4 is 11.6 Å². The Balaban J connectivity index is 1.39. The molecule has 0 bridgehead atoms. The van der Waals surface area contributed by atoms with Gasteiger partial charge < -0.3 is 4.90 Å². The van der Waals surface area contributed by atoms with Gasteiger partial charge in [-0.3, -0.25) is 14.8 Å². The number of carbonyl (C=O) groups excluding carboxylic acids is 1. The summed E-state index contributed by atoms with van der Waals surface area (Å²) in [5.41, 5.74) is 4.75. The third-order valence-electron chi connectivity index (χ3n) is 8.45. The second-order valence-corrected chi connectivity index (χ2v) is 10.5. The quantitative estimate of drug-likeness (QED) is 0.237. The summed E-state index contributed by atoms with van der Waals surface area (Å²) in [5, 5.41) is 0. The van der Waals surface area contributed by atoms with Crippen molar-refractivity contribution in [3.8, 4) is 0 Å². The molecule has 4 heteroatoms. The van der Waals surface area contributed by atoms with Gasteiger partial charge in [-0.1, -0.05) is 97.1 Å². The maximum atomic E-state index is 13.5. The fourth-order valence-corrected chi connectivity index (χ4v) is 6.61. The standard InChI is InChI=1S/C34H33N3O/c38-32-18-19-34(28-14-6-2-7-15-28,29-16-8-3-9-17-29)31-25-37(24-30(31)32)33(21-26-11-4-1-5-12-26)36-23-27-13-10-20-35-22-27/h1-17,20,22,30-31H,18-19,21,23-25H2. The number of benzene rings is 3. The lowest BCUT2D eigenvalue weighted by Gasteiger charge is -2.45. The van der Waals surface area contributed by atoms with Gasteiger partial charge in [0.15, 0.2) is 0 Å². The van der Waals surface area contributed by atoms with Gasteiger partial charge in [-0.05, 0) is 34.7 Å². The summed E-state index contributed by atoms with van der Waals surface area (Å²) in [6.45, 7) is 2.13. The molecule has 2 aliphatic rings. The minimum absolute atomic E-state index is 0.0106. The van der Waals surface area contributed by atoms with E-state index in [1.54, 1.807) is 6.20 Å². The van der Waals surface area contributed by atoms with Gasteiger partial charge in [0.2, 0.25) is 0 Å². The van der Waals surface area contributed by atoms with Crippen molar-refractivity contribution in [2.24, 2.45) is 16.8 Å². The first-order valence-electron chi connectivity index (χ1n) is 13.6. The third-order valence-corrected chi connectivity index (χ3v) is 8.45. The van der Waals surface area contributed by atoms with Crippen molar-refractivity contribution in [2.45, 2.75) is 31.2 Å². The number of Topliss-reactive ketones (excluding diaryl/α,β-unsaturated/α-hetero) is 1. The zero-order valence-corrected chi connectivity index (χ0v) is 21.6. The van der Waals surface area contributed by atoms with Crippen LogP contribution in [0.15, 0.2) is 121 Å². The number of hydrogen-bond acceptors (Lipinski definition) is 3. The van der Waals surface area contributed by atoms with E-state index in [4.69, 9.17) is 4.99 Å². The zero-order chi connectivity index (χ0) is 25.8. The van der Waals surface area contributed by atoms with Crippen molar-refractivity contribution in [3.63, 3.8) is 0 Å². The highest BCUT2D eigenvalue weighted by molar-refractivity contribution is 5.88. The van der Waals surface area contributed by atoms with Crippen LogP contribution in [0.25, 0.3) is 0 Å². The van der Waals surface area contributed by atoms with Crippen LogP contribution in [-0.2, 0) is 23.2 Å². The Morgan fingerprint density at radius 3 is 2.08 bits per heavy atom. The van der Waals surface area contributed by atoms with Gasteiger partial charge in [-0.15, -0.1) is 0 Å². The van der Waals surface area contributed by atoms with Crippen molar-refractivity contribution in [1.82, 2.24) is 9.88 Å². The van der Waals surface area contributed by atoms with Crippen LogP contribution in [0.4, 0.5) is 0 Å². The Morgan fingerprint density at radius 2 is 1.45 bits per heavy atom. The van der Waals surface area contributed by atoms with E-state index in [-0.39, 0.29) is 17.3 Å². The number of pyridine rings is 1. The van der Waals surface area contributed by atoms with Crippen LogP contribution in [-0.4, -0.2) is 34.6 Å². The number of ketones is 1. The van der Waals surface area contributed by atoms with E-state index in [9.17, 15) is 4.79 Å². The summed E-state index contributed by atoms with van der Waals surface area (Å²) in [7, 11) is 0. The first-order valence-corrected chi connectivity index (χ1v) is 13.6. The van der Waals surface area contributed by atoms with Crippen LogP contribution in [0.2, 0.25) is 0 Å². The van der Waals surface area contributed by atoms with E-state index in [0.29, 0.717) is 18.7 Å². The summed E-state index contributed by atoms with van der Waals surface area (Å²) < 4.78 is 0. The molecule has 1 aliphatic carbocycles. The lowest BCUT2D eigenvalue weighted by Crippen LogP contribution is -2.47. The zero-order valence-electron chi connectivity index (χ0n) is 21.6. The molecule has 2 unspecified atom stereocenters. The van der Waals surface area contributed by atoms with Crippen LogP contribution in [0.3, 0.4) is 0 Å². The monoisotopic (exact) mass is 499 g/mol. The van der Waals surface area contributed by atoms with E-state index in [1.807, 2.05) is 18.3 Å². The Morgan fingerprint density at radius 1 is 0.816 bits per heavy atom. The number of aromatic nitrogens is 1. The molecule has 4 aromatic rings. The lowest BCUT2D eigenvalue weighted by atomic mass is 9.56. The molecule has 190 valence electrons. The molecule has 1 saturated heterocycles.